The highest BCUT2D eigenvalue weighted by Gasteiger charge is 2.34. The molecule has 6 nitrogen and oxygen atoms in total. The summed E-state index contributed by atoms with van der Waals surface area (Å²) in [5.41, 5.74) is 2.06. The van der Waals surface area contributed by atoms with Gasteiger partial charge in [0.1, 0.15) is 23.7 Å². The summed E-state index contributed by atoms with van der Waals surface area (Å²) < 4.78 is 41.9. The van der Waals surface area contributed by atoms with Gasteiger partial charge in [0, 0.05) is 23.5 Å². The van der Waals surface area contributed by atoms with E-state index in [2.05, 4.69) is 15.1 Å². The molecule has 0 aliphatic carbocycles. The highest BCUT2D eigenvalue weighted by Crippen LogP contribution is 2.37. The Morgan fingerprint density at radius 3 is 2.50 bits per heavy atom. The topological polar surface area (TPSA) is 62.1 Å². The fraction of sp³-hybridized carbons (Fsp3) is 0.208. The van der Waals surface area contributed by atoms with Gasteiger partial charge in [-0.3, -0.25) is 9.67 Å². The monoisotopic (exact) mass is 436 g/mol. The van der Waals surface area contributed by atoms with E-state index >= 15 is 0 Å². The number of para-hydroxylation sites is 1. The first-order chi connectivity index (χ1) is 15.5. The number of benzene rings is 1. The maximum Gasteiger partial charge on any atom is 0.308 e. The van der Waals surface area contributed by atoms with E-state index in [0.717, 1.165) is 17.5 Å². The molecule has 4 aromatic rings. The molecule has 0 spiro atoms. The molecule has 0 fully saturated rings. The highest BCUT2D eigenvalue weighted by atomic mass is 19.3. The van der Waals surface area contributed by atoms with Crippen LogP contribution in [0.4, 0.5) is 8.78 Å². The van der Waals surface area contributed by atoms with Crippen molar-refractivity contribution in [3.8, 4) is 28.5 Å². The highest BCUT2D eigenvalue weighted by molar-refractivity contribution is 5.74. The van der Waals surface area contributed by atoms with Crippen LogP contribution in [0.15, 0.2) is 73.3 Å². The van der Waals surface area contributed by atoms with Gasteiger partial charge in [0.05, 0.1) is 19.5 Å². The zero-order chi connectivity index (χ0) is 22.6. The Hall–Kier alpha value is -3.81. The number of hydrogen-bond donors (Lipinski definition) is 0. The Balaban J connectivity index is 1.55. The lowest BCUT2D eigenvalue weighted by Gasteiger charge is -2.16. The number of ether oxygens (including phenoxy) is 2. The van der Waals surface area contributed by atoms with E-state index in [1.807, 2.05) is 37.3 Å². The molecule has 0 aliphatic rings. The molecule has 0 bridgehead atoms. The fourth-order valence-electron chi connectivity index (χ4n) is 3.27. The van der Waals surface area contributed by atoms with Crippen molar-refractivity contribution in [3.63, 3.8) is 0 Å². The number of alkyl halides is 2. The first kappa shape index (κ1) is 21.4. The molecule has 0 saturated heterocycles. The van der Waals surface area contributed by atoms with E-state index in [1.165, 1.54) is 23.0 Å². The van der Waals surface area contributed by atoms with Gasteiger partial charge in [0.2, 0.25) is 5.88 Å². The van der Waals surface area contributed by atoms with Crippen LogP contribution in [0.3, 0.4) is 0 Å². The van der Waals surface area contributed by atoms with Gasteiger partial charge < -0.3 is 9.47 Å². The molecule has 0 unspecified atom stereocenters. The van der Waals surface area contributed by atoms with Crippen LogP contribution in [0.25, 0.3) is 11.1 Å². The number of aromatic nitrogens is 4. The second-order valence-corrected chi connectivity index (χ2v) is 7.14. The summed E-state index contributed by atoms with van der Waals surface area (Å²) in [6.45, 7) is 1.36. The van der Waals surface area contributed by atoms with Crippen LogP contribution in [0.1, 0.15) is 18.2 Å². The average Bonchev–Trinajstić information content (AvgIpc) is 3.26. The molecule has 32 heavy (non-hydrogen) atoms. The smallest absolute Gasteiger partial charge is 0.308 e. The fourth-order valence-corrected chi connectivity index (χ4v) is 3.27. The lowest BCUT2D eigenvalue weighted by Crippen LogP contribution is -2.23. The van der Waals surface area contributed by atoms with Crippen LogP contribution in [0, 0.1) is 0 Å². The van der Waals surface area contributed by atoms with Gasteiger partial charge in [-0.1, -0.05) is 25.1 Å². The minimum Gasteiger partial charge on any atom is -0.496 e. The molecular weight excluding hydrogens is 414 g/mol. The predicted octanol–water partition coefficient (Wildman–Crippen LogP) is 5.50. The number of hydrogen-bond acceptors (Lipinski definition) is 5. The largest absolute Gasteiger partial charge is 0.496 e. The molecule has 0 saturated carbocycles. The first-order valence-electron chi connectivity index (χ1n) is 10.1. The van der Waals surface area contributed by atoms with Gasteiger partial charge in [-0.15, -0.1) is 0 Å². The van der Waals surface area contributed by atoms with Crippen LogP contribution < -0.4 is 9.47 Å². The van der Waals surface area contributed by atoms with Crippen LogP contribution in [-0.2, 0) is 18.9 Å². The molecule has 0 radical (unpaired) electrons. The minimum atomic E-state index is -3.18. The number of halogens is 2. The maximum absolute atomic E-state index is 14.7. The Labute approximate surface area is 184 Å². The van der Waals surface area contributed by atoms with Gasteiger partial charge in [-0.2, -0.15) is 13.9 Å². The number of pyridine rings is 2. The summed E-state index contributed by atoms with van der Waals surface area (Å²) in [6.07, 6.45) is 6.81. The summed E-state index contributed by atoms with van der Waals surface area (Å²) in [6, 6.07) is 13.8. The van der Waals surface area contributed by atoms with Crippen molar-refractivity contribution in [1.29, 1.82) is 0 Å². The molecule has 1 aromatic carbocycles. The van der Waals surface area contributed by atoms with Crippen molar-refractivity contribution in [1.82, 2.24) is 19.7 Å². The quantitative estimate of drug-likeness (QED) is 0.365. The van der Waals surface area contributed by atoms with E-state index in [9.17, 15) is 8.78 Å². The van der Waals surface area contributed by atoms with Gasteiger partial charge in [-0.05, 0) is 42.3 Å². The first-order valence-corrected chi connectivity index (χ1v) is 10.1. The molecule has 0 N–H and O–H groups in total. The number of nitrogens with zero attached hydrogens (tertiary/aromatic N) is 4. The van der Waals surface area contributed by atoms with Crippen molar-refractivity contribution in [3.05, 3.63) is 84.6 Å². The number of methoxy groups -OCH3 is 1. The van der Waals surface area contributed by atoms with Gasteiger partial charge >= 0.3 is 5.92 Å². The third-order valence-corrected chi connectivity index (χ3v) is 4.95. The van der Waals surface area contributed by atoms with Crippen molar-refractivity contribution in [2.45, 2.75) is 25.8 Å². The van der Waals surface area contributed by atoms with E-state index in [0.29, 0.717) is 22.9 Å². The van der Waals surface area contributed by atoms with Gasteiger partial charge in [0.15, 0.2) is 0 Å². The summed E-state index contributed by atoms with van der Waals surface area (Å²) in [5, 5.41) is 3.99. The maximum atomic E-state index is 14.7. The van der Waals surface area contributed by atoms with Gasteiger partial charge in [-0.25, -0.2) is 4.98 Å². The molecule has 0 aliphatic heterocycles. The zero-order valence-corrected chi connectivity index (χ0v) is 17.7. The second kappa shape index (κ2) is 9.13. The molecule has 164 valence electrons. The van der Waals surface area contributed by atoms with Crippen molar-refractivity contribution in [2.75, 3.05) is 7.11 Å². The molecule has 3 aromatic heterocycles. The molecule has 0 atom stereocenters. The Kier molecular flexibility index (Phi) is 6.11. The summed E-state index contributed by atoms with van der Waals surface area (Å²) >= 11 is 0. The van der Waals surface area contributed by atoms with Crippen molar-refractivity contribution in [2.24, 2.45) is 0 Å². The van der Waals surface area contributed by atoms with Crippen molar-refractivity contribution < 1.29 is 18.3 Å². The van der Waals surface area contributed by atoms with Gasteiger partial charge in [0.25, 0.3) is 0 Å². The lowest BCUT2D eigenvalue weighted by atomic mass is 10.1. The van der Waals surface area contributed by atoms with E-state index in [-0.39, 0.29) is 5.69 Å². The van der Waals surface area contributed by atoms with E-state index in [1.54, 1.807) is 31.8 Å². The van der Waals surface area contributed by atoms with Crippen LogP contribution >= 0.6 is 0 Å². The molecule has 4 rings (SSSR count). The van der Waals surface area contributed by atoms with Crippen molar-refractivity contribution >= 4 is 0 Å². The summed E-state index contributed by atoms with van der Waals surface area (Å²) in [5.74, 6) is -1.89. The average molecular weight is 436 g/mol. The van der Waals surface area contributed by atoms with Crippen LogP contribution in [0.2, 0.25) is 0 Å². The Morgan fingerprint density at radius 1 is 0.969 bits per heavy atom. The normalized spacial score (nSPS) is 11.4. The predicted molar refractivity (Wildman–Crippen MR) is 116 cm³/mol. The lowest BCUT2D eigenvalue weighted by molar-refractivity contribution is -0.0297. The molecule has 3 heterocycles. The third kappa shape index (κ3) is 4.59. The van der Waals surface area contributed by atoms with E-state index < -0.39 is 12.5 Å². The van der Waals surface area contributed by atoms with Crippen LogP contribution in [-0.4, -0.2) is 26.9 Å². The zero-order valence-electron chi connectivity index (χ0n) is 17.7. The minimum absolute atomic E-state index is 0.298. The SMILES string of the molecule is CCc1cnn(CC(F)(F)c2ccc(Oc3ncccc3-c3ccccc3OC)cn2)c1. The Bertz CT molecular complexity index is 1190. The standard InChI is InChI=1S/C24H22F2N4O2/c1-3-17-13-29-30(15-17)16-24(25,26)22-11-10-18(14-28-22)32-23-20(8-6-12-27-23)19-7-4-5-9-21(19)31-2/h4-15H,3,16H2,1-2H3. The number of rotatable bonds is 8. The number of aryl methyl sites for hydroxylation is 1. The molecule has 8 heteroatoms. The van der Waals surface area contributed by atoms with E-state index in [4.69, 9.17) is 9.47 Å². The third-order valence-electron chi connectivity index (χ3n) is 4.95. The molecular formula is C24H22F2N4O2. The van der Waals surface area contributed by atoms with Crippen LogP contribution in [0.5, 0.6) is 17.4 Å². The molecule has 0 amide bonds. The summed E-state index contributed by atoms with van der Waals surface area (Å²) in [7, 11) is 1.59. The summed E-state index contributed by atoms with van der Waals surface area (Å²) in [4.78, 5) is 8.24. The second-order valence-electron chi connectivity index (χ2n) is 7.14. The Morgan fingerprint density at radius 2 is 1.78 bits per heavy atom.